The molecule has 0 aliphatic heterocycles. The molecule has 1 aliphatic carbocycles. The van der Waals surface area contributed by atoms with Gasteiger partial charge in [-0.05, 0) is 84.5 Å². The van der Waals surface area contributed by atoms with Crippen molar-refractivity contribution >= 4 is 5.97 Å². The van der Waals surface area contributed by atoms with Crippen LogP contribution in [0.2, 0.25) is 0 Å². The smallest absolute Gasteiger partial charge is 0.303 e. The number of aliphatic carboxylic acids is 1. The largest absolute Gasteiger partial charge is 0.493 e. The van der Waals surface area contributed by atoms with Gasteiger partial charge in [-0.2, -0.15) is 0 Å². The molecule has 4 heteroatoms. The maximum absolute atomic E-state index is 11.3. The molecule has 0 radical (unpaired) electrons. The topological polar surface area (TPSA) is 55.8 Å². The van der Waals surface area contributed by atoms with Crippen molar-refractivity contribution in [2.24, 2.45) is 5.92 Å². The van der Waals surface area contributed by atoms with Crippen molar-refractivity contribution in [3.05, 3.63) is 82.9 Å². The van der Waals surface area contributed by atoms with Gasteiger partial charge in [-0.1, -0.05) is 62.2 Å². The molecule has 184 valence electrons. The van der Waals surface area contributed by atoms with Crippen molar-refractivity contribution in [1.82, 2.24) is 0 Å². The van der Waals surface area contributed by atoms with E-state index in [-0.39, 0.29) is 12.3 Å². The molecule has 35 heavy (non-hydrogen) atoms. The second-order valence-corrected chi connectivity index (χ2v) is 9.77. The normalized spacial score (nSPS) is 17.0. The van der Waals surface area contributed by atoms with Gasteiger partial charge in [-0.3, -0.25) is 4.79 Å². The van der Waals surface area contributed by atoms with Crippen LogP contribution >= 0.6 is 0 Å². The Bertz CT molecular complexity index is 1150. The first-order valence-corrected chi connectivity index (χ1v) is 12.7. The summed E-state index contributed by atoms with van der Waals surface area (Å²) in [4.78, 5) is 11.3. The fourth-order valence-corrected chi connectivity index (χ4v) is 4.91. The lowest BCUT2D eigenvalue weighted by atomic mass is 9.74. The number of ether oxygens (including phenoxy) is 2. The van der Waals surface area contributed by atoms with Crippen LogP contribution in [0.25, 0.3) is 11.1 Å². The molecule has 3 aromatic rings. The molecular formula is C31H36O4. The summed E-state index contributed by atoms with van der Waals surface area (Å²) in [7, 11) is 0. The molecule has 1 unspecified atom stereocenters. The lowest BCUT2D eigenvalue weighted by molar-refractivity contribution is -0.137. The van der Waals surface area contributed by atoms with Crippen molar-refractivity contribution in [2.45, 2.75) is 65.4 Å². The SMILES string of the molecule is CCCCOc1ccc(C)cc1-c1ccc(COc2ccc3c(c2)CC[C@@H](C)C3CC(=O)O)cc1. The van der Waals surface area contributed by atoms with Gasteiger partial charge in [0.1, 0.15) is 18.1 Å². The van der Waals surface area contributed by atoms with E-state index in [1.54, 1.807) is 0 Å². The summed E-state index contributed by atoms with van der Waals surface area (Å²) < 4.78 is 12.2. The van der Waals surface area contributed by atoms with Crippen LogP contribution in [0.3, 0.4) is 0 Å². The first-order chi connectivity index (χ1) is 16.9. The summed E-state index contributed by atoms with van der Waals surface area (Å²) >= 11 is 0. The Balaban J connectivity index is 1.43. The Kier molecular flexibility index (Phi) is 8.12. The number of carboxylic acids is 1. The molecule has 0 saturated heterocycles. The Morgan fingerprint density at radius 1 is 1.03 bits per heavy atom. The van der Waals surface area contributed by atoms with E-state index in [2.05, 4.69) is 75.4 Å². The molecule has 0 saturated carbocycles. The molecule has 4 nitrogen and oxygen atoms in total. The minimum Gasteiger partial charge on any atom is -0.493 e. The van der Waals surface area contributed by atoms with E-state index in [4.69, 9.17) is 9.47 Å². The number of fused-ring (bicyclic) bond motifs is 1. The zero-order chi connectivity index (χ0) is 24.8. The van der Waals surface area contributed by atoms with Gasteiger partial charge >= 0.3 is 5.97 Å². The fourth-order valence-electron chi connectivity index (χ4n) is 4.91. The highest BCUT2D eigenvalue weighted by Gasteiger charge is 2.28. The number of rotatable bonds is 10. The van der Waals surface area contributed by atoms with E-state index in [0.717, 1.165) is 66.0 Å². The van der Waals surface area contributed by atoms with Gasteiger partial charge in [-0.15, -0.1) is 0 Å². The molecule has 0 aromatic heterocycles. The van der Waals surface area contributed by atoms with Crippen LogP contribution in [-0.4, -0.2) is 17.7 Å². The quantitative estimate of drug-likeness (QED) is 0.309. The lowest BCUT2D eigenvalue weighted by Gasteiger charge is -2.30. The molecule has 2 atom stereocenters. The van der Waals surface area contributed by atoms with Crippen LogP contribution in [0, 0.1) is 12.8 Å². The fraction of sp³-hybridized carbons (Fsp3) is 0.387. The first kappa shape index (κ1) is 24.8. The molecule has 4 rings (SSSR count). The van der Waals surface area contributed by atoms with Gasteiger partial charge in [-0.25, -0.2) is 0 Å². The highest BCUT2D eigenvalue weighted by molar-refractivity contribution is 5.71. The third kappa shape index (κ3) is 6.25. The summed E-state index contributed by atoms with van der Waals surface area (Å²) in [5.74, 6) is 1.49. The second kappa shape index (κ2) is 11.4. The monoisotopic (exact) mass is 472 g/mol. The van der Waals surface area contributed by atoms with Crippen molar-refractivity contribution in [3.63, 3.8) is 0 Å². The van der Waals surface area contributed by atoms with E-state index >= 15 is 0 Å². The molecular weight excluding hydrogens is 436 g/mol. The van der Waals surface area contributed by atoms with Gasteiger partial charge < -0.3 is 14.6 Å². The molecule has 0 amide bonds. The van der Waals surface area contributed by atoms with Crippen LogP contribution in [0.1, 0.15) is 67.7 Å². The molecule has 1 N–H and O–H groups in total. The lowest BCUT2D eigenvalue weighted by Crippen LogP contribution is -2.21. The standard InChI is InChI=1S/C31H36O4/c1-4-5-16-34-30-15-6-21(2)17-29(30)24-11-8-23(9-12-24)20-35-26-13-14-27-25(18-26)10-7-22(3)28(27)19-31(32)33/h6,8-9,11-15,17-18,22,28H,4-5,7,10,16,19-20H2,1-3H3,(H,32,33)/t22-,28?/m1/s1. The summed E-state index contributed by atoms with van der Waals surface area (Å²) in [5.41, 5.74) is 6.95. The van der Waals surface area contributed by atoms with E-state index in [0.29, 0.717) is 12.5 Å². The maximum Gasteiger partial charge on any atom is 0.303 e. The molecule has 1 aliphatic rings. The number of hydrogen-bond donors (Lipinski definition) is 1. The Morgan fingerprint density at radius 3 is 2.57 bits per heavy atom. The van der Waals surface area contributed by atoms with E-state index in [9.17, 15) is 9.90 Å². The van der Waals surface area contributed by atoms with Gasteiger partial charge in [0.05, 0.1) is 13.0 Å². The first-order valence-electron chi connectivity index (χ1n) is 12.7. The number of hydrogen-bond acceptors (Lipinski definition) is 3. The van der Waals surface area contributed by atoms with Gasteiger partial charge in [0.2, 0.25) is 0 Å². The minimum atomic E-state index is -0.733. The number of unbranched alkanes of at least 4 members (excludes halogenated alkanes) is 1. The van der Waals surface area contributed by atoms with E-state index in [1.807, 2.05) is 6.07 Å². The summed E-state index contributed by atoms with van der Waals surface area (Å²) in [6.45, 7) is 7.64. The Labute approximate surface area is 208 Å². The van der Waals surface area contributed by atoms with E-state index < -0.39 is 5.97 Å². The number of aryl methyl sites for hydroxylation is 2. The molecule has 0 spiro atoms. The highest BCUT2D eigenvalue weighted by Crippen LogP contribution is 2.39. The zero-order valence-corrected chi connectivity index (χ0v) is 21.0. The number of carboxylic acid groups (broad SMARTS) is 1. The zero-order valence-electron chi connectivity index (χ0n) is 21.0. The average molecular weight is 473 g/mol. The maximum atomic E-state index is 11.3. The van der Waals surface area contributed by atoms with Crippen molar-refractivity contribution < 1.29 is 19.4 Å². The number of carbonyl (C=O) groups is 1. The molecule has 0 fully saturated rings. The predicted octanol–water partition coefficient (Wildman–Crippen LogP) is 7.56. The van der Waals surface area contributed by atoms with Gasteiger partial charge in [0, 0.05) is 5.56 Å². The third-order valence-corrected chi connectivity index (χ3v) is 7.03. The number of benzene rings is 3. The average Bonchev–Trinajstić information content (AvgIpc) is 2.85. The summed E-state index contributed by atoms with van der Waals surface area (Å²) in [6, 6.07) is 20.9. The molecule has 0 bridgehead atoms. The minimum absolute atomic E-state index is 0.0790. The second-order valence-electron chi connectivity index (χ2n) is 9.77. The van der Waals surface area contributed by atoms with Crippen molar-refractivity contribution in [3.8, 4) is 22.6 Å². The van der Waals surface area contributed by atoms with E-state index in [1.165, 1.54) is 11.1 Å². The van der Waals surface area contributed by atoms with Crippen LogP contribution in [0.5, 0.6) is 11.5 Å². The molecule has 3 aromatic carbocycles. The van der Waals surface area contributed by atoms with Crippen molar-refractivity contribution in [1.29, 1.82) is 0 Å². The van der Waals surface area contributed by atoms with Crippen LogP contribution in [-0.2, 0) is 17.8 Å². The summed E-state index contributed by atoms with van der Waals surface area (Å²) in [5, 5.41) is 9.31. The Hall–Kier alpha value is -3.27. The van der Waals surface area contributed by atoms with Crippen LogP contribution in [0.15, 0.2) is 60.7 Å². The van der Waals surface area contributed by atoms with Gasteiger partial charge in [0.15, 0.2) is 0 Å². The van der Waals surface area contributed by atoms with Crippen LogP contribution in [0.4, 0.5) is 0 Å². The molecule has 0 heterocycles. The van der Waals surface area contributed by atoms with Crippen LogP contribution < -0.4 is 9.47 Å². The highest BCUT2D eigenvalue weighted by atomic mass is 16.5. The summed E-state index contributed by atoms with van der Waals surface area (Å²) in [6.07, 6.45) is 4.33. The Morgan fingerprint density at radius 2 is 1.83 bits per heavy atom. The predicted molar refractivity (Wildman–Crippen MR) is 140 cm³/mol. The third-order valence-electron chi connectivity index (χ3n) is 7.03. The van der Waals surface area contributed by atoms with Crippen molar-refractivity contribution in [2.75, 3.05) is 6.61 Å². The van der Waals surface area contributed by atoms with Gasteiger partial charge in [0.25, 0.3) is 0 Å².